The molecule has 1 aromatic heterocycles. The lowest BCUT2D eigenvalue weighted by Gasteiger charge is -2.04. The number of benzene rings is 2. The van der Waals surface area contributed by atoms with Gasteiger partial charge >= 0.3 is 0 Å². The van der Waals surface area contributed by atoms with Crippen molar-refractivity contribution in [2.75, 3.05) is 13.7 Å². The normalized spacial score (nSPS) is 10.5. The first kappa shape index (κ1) is 17.6. The lowest BCUT2D eigenvalue weighted by atomic mass is 10.2. The van der Waals surface area contributed by atoms with Crippen LogP contribution in [-0.4, -0.2) is 29.8 Å². The Labute approximate surface area is 150 Å². The van der Waals surface area contributed by atoms with Gasteiger partial charge < -0.3 is 19.3 Å². The number of amides is 1. The molecule has 0 spiro atoms. The quantitative estimate of drug-likeness (QED) is 0.670. The Balaban J connectivity index is 1.46. The largest absolute Gasteiger partial charge is 0.497 e. The Kier molecular flexibility index (Phi) is 5.95. The molecule has 0 saturated heterocycles. The summed E-state index contributed by atoms with van der Waals surface area (Å²) in [6.07, 6.45) is 0. The van der Waals surface area contributed by atoms with Gasteiger partial charge in [0.1, 0.15) is 12.4 Å². The molecule has 0 unspecified atom stereocenters. The summed E-state index contributed by atoms with van der Waals surface area (Å²) in [7, 11) is 1.59. The van der Waals surface area contributed by atoms with E-state index >= 15 is 0 Å². The van der Waals surface area contributed by atoms with Gasteiger partial charge in [0, 0.05) is 5.56 Å². The number of ether oxygens (including phenoxy) is 2. The fourth-order valence-electron chi connectivity index (χ4n) is 2.27. The molecule has 7 nitrogen and oxygen atoms in total. The van der Waals surface area contributed by atoms with Gasteiger partial charge in [-0.3, -0.25) is 4.79 Å². The molecule has 3 aromatic rings. The van der Waals surface area contributed by atoms with Crippen LogP contribution in [-0.2, 0) is 22.7 Å². The molecule has 0 aliphatic rings. The third-order valence-electron chi connectivity index (χ3n) is 3.58. The number of hydrogen-bond donors (Lipinski definition) is 1. The maximum Gasteiger partial charge on any atom is 0.246 e. The Morgan fingerprint density at radius 1 is 1.15 bits per heavy atom. The number of methoxy groups -OCH3 is 1. The second-order valence-electron chi connectivity index (χ2n) is 5.50. The van der Waals surface area contributed by atoms with E-state index in [1.54, 1.807) is 7.11 Å². The van der Waals surface area contributed by atoms with Crippen molar-refractivity contribution in [2.24, 2.45) is 0 Å². The Bertz CT molecular complexity index is 849. The molecule has 0 aliphatic heterocycles. The molecule has 134 valence electrons. The van der Waals surface area contributed by atoms with Gasteiger partial charge in [-0.2, -0.15) is 4.98 Å². The van der Waals surface area contributed by atoms with Gasteiger partial charge in [-0.05, 0) is 17.7 Å². The van der Waals surface area contributed by atoms with Crippen LogP contribution in [0, 0.1) is 0 Å². The van der Waals surface area contributed by atoms with Crippen molar-refractivity contribution in [1.29, 1.82) is 0 Å². The first-order chi connectivity index (χ1) is 12.7. The van der Waals surface area contributed by atoms with Gasteiger partial charge in [-0.25, -0.2) is 0 Å². The highest BCUT2D eigenvalue weighted by molar-refractivity contribution is 5.77. The topological polar surface area (TPSA) is 86.5 Å². The second kappa shape index (κ2) is 8.77. The minimum atomic E-state index is -0.248. The molecule has 0 radical (unpaired) electrons. The number of nitrogens with zero attached hydrogens (tertiary/aromatic N) is 2. The van der Waals surface area contributed by atoms with Crippen LogP contribution in [0.1, 0.15) is 11.5 Å². The summed E-state index contributed by atoms with van der Waals surface area (Å²) >= 11 is 0. The third kappa shape index (κ3) is 4.90. The summed E-state index contributed by atoms with van der Waals surface area (Å²) in [4.78, 5) is 16.1. The van der Waals surface area contributed by atoms with Crippen molar-refractivity contribution in [1.82, 2.24) is 15.5 Å². The average molecular weight is 353 g/mol. The molecule has 2 aromatic carbocycles. The van der Waals surface area contributed by atoms with E-state index in [2.05, 4.69) is 15.5 Å². The van der Waals surface area contributed by atoms with Gasteiger partial charge in [0.05, 0.1) is 20.3 Å². The molecule has 1 heterocycles. The summed E-state index contributed by atoms with van der Waals surface area (Å²) in [5.41, 5.74) is 1.79. The molecule has 26 heavy (non-hydrogen) atoms. The molecule has 3 rings (SSSR count). The lowest BCUT2D eigenvalue weighted by molar-refractivity contribution is -0.126. The van der Waals surface area contributed by atoms with Crippen LogP contribution < -0.4 is 10.1 Å². The number of nitrogens with one attached hydrogen (secondary N) is 1. The van der Waals surface area contributed by atoms with Crippen molar-refractivity contribution in [3.8, 4) is 17.1 Å². The number of rotatable bonds is 8. The highest BCUT2D eigenvalue weighted by Gasteiger charge is 2.10. The van der Waals surface area contributed by atoms with E-state index in [0.29, 0.717) is 24.1 Å². The van der Waals surface area contributed by atoms with Crippen molar-refractivity contribution in [3.05, 3.63) is 66.1 Å². The van der Waals surface area contributed by atoms with Crippen LogP contribution in [0.3, 0.4) is 0 Å². The maximum atomic E-state index is 11.8. The van der Waals surface area contributed by atoms with Crippen molar-refractivity contribution in [3.63, 3.8) is 0 Å². The summed E-state index contributed by atoms with van der Waals surface area (Å²) < 4.78 is 15.7. The number of carbonyl (C=O) groups excluding carboxylic acids is 1. The third-order valence-corrected chi connectivity index (χ3v) is 3.58. The standard InChI is InChI=1S/C19H19N3O4/c1-24-16-9-5-8-15(10-16)19-21-18(26-22-19)11-20-17(23)13-25-12-14-6-3-2-4-7-14/h2-10H,11-13H2,1H3,(H,20,23). The van der Waals surface area contributed by atoms with Crippen LogP contribution in [0.4, 0.5) is 0 Å². The van der Waals surface area contributed by atoms with Gasteiger partial charge in [-0.1, -0.05) is 47.6 Å². The Morgan fingerprint density at radius 2 is 2.00 bits per heavy atom. The van der Waals surface area contributed by atoms with Crippen molar-refractivity contribution >= 4 is 5.91 Å². The van der Waals surface area contributed by atoms with E-state index < -0.39 is 0 Å². The highest BCUT2D eigenvalue weighted by atomic mass is 16.5. The molecule has 0 aliphatic carbocycles. The van der Waals surface area contributed by atoms with E-state index in [0.717, 1.165) is 11.1 Å². The van der Waals surface area contributed by atoms with E-state index in [1.165, 1.54) is 0 Å². The fourth-order valence-corrected chi connectivity index (χ4v) is 2.27. The molecule has 0 bridgehead atoms. The zero-order valence-corrected chi connectivity index (χ0v) is 14.3. The van der Waals surface area contributed by atoms with Gasteiger partial charge in [0.2, 0.25) is 17.6 Å². The fraction of sp³-hybridized carbons (Fsp3) is 0.211. The van der Waals surface area contributed by atoms with Crippen LogP contribution in [0.25, 0.3) is 11.4 Å². The van der Waals surface area contributed by atoms with Crippen LogP contribution >= 0.6 is 0 Å². The van der Waals surface area contributed by atoms with Gasteiger partial charge in [-0.15, -0.1) is 0 Å². The van der Waals surface area contributed by atoms with Crippen LogP contribution in [0.5, 0.6) is 5.75 Å². The Hall–Kier alpha value is -3.19. The van der Waals surface area contributed by atoms with E-state index in [4.69, 9.17) is 14.0 Å². The lowest BCUT2D eigenvalue weighted by Crippen LogP contribution is -2.27. The molecule has 0 fully saturated rings. The van der Waals surface area contributed by atoms with Crippen LogP contribution in [0.15, 0.2) is 59.1 Å². The molecule has 7 heteroatoms. The highest BCUT2D eigenvalue weighted by Crippen LogP contribution is 2.21. The molecular weight excluding hydrogens is 334 g/mol. The van der Waals surface area contributed by atoms with E-state index in [-0.39, 0.29) is 19.1 Å². The molecule has 0 saturated carbocycles. The predicted octanol–water partition coefficient (Wildman–Crippen LogP) is 2.58. The average Bonchev–Trinajstić information content (AvgIpc) is 3.16. The van der Waals surface area contributed by atoms with Crippen molar-refractivity contribution in [2.45, 2.75) is 13.2 Å². The minimum Gasteiger partial charge on any atom is -0.497 e. The maximum absolute atomic E-state index is 11.8. The first-order valence-electron chi connectivity index (χ1n) is 8.10. The first-order valence-corrected chi connectivity index (χ1v) is 8.10. The van der Waals surface area contributed by atoms with E-state index in [1.807, 2.05) is 54.6 Å². The van der Waals surface area contributed by atoms with Gasteiger partial charge in [0.15, 0.2) is 0 Å². The summed E-state index contributed by atoms with van der Waals surface area (Å²) in [5, 5.41) is 6.61. The number of hydrogen-bond acceptors (Lipinski definition) is 6. The predicted molar refractivity (Wildman–Crippen MR) is 94.2 cm³/mol. The smallest absolute Gasteiger partial charge is 0.246 e. The summed E-state index contributed by atoms with van der Waals surface area (Å²) in [5.74, 6) is 1.22. The SMILES string of the molecule is COc1cccc(-c2noc(CNC(=O)COCc3ccccc3)n2)c1. The van der Waals surface area contributed by atoms with Crippen LogP contribution in [0.2, 0.25) is 0 Å². The number of carbonyl (C=O) groups is 1. The zero-order valence-electron chi connectivity index (χ0n) is 14.3. The second-order valence-corrected chi connectivity index (χ2v) is 5.50. The molecular formula is C19H19N3O4. The van der Waals surface area contributed by atoms with E-state index in [9.17, 15) is 4.79 Å². The number of aromatic nitrogens is 2. The Morgan fingerprint density at radius 3 is 2.81 bits per heavy atom. The summed E-state index contributed by atoms with van der Waals surface area (Å²) in [6.45, 7) is 0.491. The molecule has 1 amide bonds. The van der Waals surface area contributed by atoms with Crippen molar-refractivity contribution < 1.29 is 18.8 Å². The zero-order chi connectivity index (χ0) is 18.2. The van der Waals surface area contributed by atoms with Gasteiger partial charge in [0.25, 0.3) is 0 Å². The monoisotopic (exact) mass is 353 g/mol. The summed E-state index contributed by atoms with van der Waals surface area (Å²) in [6, 6.07) is 17.0. The minimum absolute atomic E-state index is 0.0359. The molecule has 1 N–H and O–H groups in total. The molecule has 0 atom stereocenters.